The van der Waals surface area contributed by atoms with Crippen molar-refractivity contribution in [2.24, 2.45) is 0 Å². The molecule has 0 N–H and O–H groups in total. The van der Waals surface area contributed by atoms with Gasteiger partial charge in [-0.1, -0.05) is 0 Å². The van der Waals surface area contributed by atoms with Gasteiger partial charge in [-0.3, -0.25) is 0 Å². The molecule has 2 bridgehead atoms. The first kappa shape index (κ1) is 11.1. The Labute approximate surface area is 123 Å². The summed E-state index contributed by atoms with van der Waals surface area (Å²) in [5.41, 5.74) is 4.50. The minimum atomic E-state index is -1.55. The second-order valence-electron chi connectivity index (χ2n) is 4.81. The van der Waals surface area contributed by atoms with Crippen LogP contribution in [0.2, 0.25) is 0 Å². The molecule has 3 aromatic heterocycles. The molecule has 3 aromatic rings. The van der Waals surface area contributed by atoms with Crippen LogP contribution in [0.3, 0.4) is 0 Å². The summed E-state index contributed by atoms with van der Waals surface area (Å²) in [7, 11) is -0.426. The van der Waals surface area contributed by atoms with Crippen LogP contribution in [0, 0.1) is 0 Å². The van der Waals surface area contributed by atoms with E-state index in [0.29, 0.717) is 0 Å². The molecule has 3 aliphatic heterocycles. The van der Waals surface area contributed by atoms with E-state index in [1.54, 1.807) is 0 Å². The second-order valence-corrected chi connectivity index (χ2v) is 10.7. The zero-order valence-corrected chi connectivity index (χ0v) is 13.4. The summed E-state index contributed by atoms with van der Waals surface area (Å²) in [5.74, 6) is 0. The Bertz CT molecular complexity index is 670. The number of nitrogens with zero attached hydrogens (tertiary/aromatic N) is 3. The molecule has 6 heterocycles. The maximum absolute atomic E-state index is 2.54. The Kier molecular flexibility index (Phi) is 2.21. The van der Waals surface area contributed by atoms with Crippen molar-refractivity contribution in [3.05, 3.63) is 73.2 Å². The summed E-state index contributed by atoms with van der Waals surface area (Å²) in [6.07, 6.45) is 6.78. The maximum atomic E-state index is 2.54. The van der Waals surface area contributed by atoms with Gasteiger partial charge in [0.1, 0.15) is 0 Å². The van der Waals surface area contributed by atoms with Crippen LogP contribution in [-0.2, 0) is 0 Å². The first-order valence-electron chi connectivity index (χ1n) is 6.58. The predicted molar refractivity (Wildman–Crippen MR) is 77.7 cm³/mol. The van der Waals surface area contributed by atoms with Gasteiger partial charge in [-0.05, 0) is 0 Å². The SMILES string of the molecule is c1cc[n+]2c(c1)P1c3cccc[n+]3[As]2[n+]2ccccc21. The van der Waals surface area contributed by atoms with E-state index < -0.39 is 23.2 Å². The predicted octanol–water partition coefficient (Wildman–Crippen LogP) is -1.14. The molecule has 5 heteroatoms. The van der Waals surface area contributed by atoms with Gasteiger partial charge in [0.25, 0.3) is 0 Å². The minimum absolute atomic E-state index is 0.426. The molecule has 0 amide bonds. The fourth-order valence-electron chi connectivity index (χ4n) is 2.93. The Morgan fingerprint density at radius 1 is 0.600 bits per heavy atom. The fraction of sp³-hybridized carbons (Fsp3) is 0. The van der Waals surface area contributed by atoms with Gasteiger partial charge in [-0.25, -0.2) is 0 Å². The first-order chi connectivity index (χ1) is 9.95. The molecule has 0 saturated heterocycles. The number of hydrogen-bond donors (Lipinski definition) is 0. The monoisotopic (exact) mass is 340 g/mol. The number of rotatable bonds is 0. The summed E-state index contributed by atoms with van der Waals surface area (Å²) in [4.78, 5) is 0. The zero-order chi connectivity index (χ0) is 13.1. The average molecular weight is 340 g/mol. The van der Waals surface area contributed by atoms with E-state index in [1.165, 1.54) is 16.3 Å². The van der Waals surface area contributed by atoms with Crippen LogP contribution in [0.1, 0.15) is 0 Å². The molecule has 0 fully saturated rings. The van der Waals surface area contributed by atoms with Crippen LogP contribution in [0.25, 0.3) is 0 Å². The van der Waals surface area contributed by atoms with Gasteiger partial charge in [0, 0.05) is 0 Å². The van der Waals surface area contributed by atoms with Crippen LogP contribution < -0.4 is 26.8 Å². The first-order valence-corrected chi connectivity index (χ1v) is 10.4. The van der Waals surface area contributed by atoms with Crippen LogP contribution in [-0.4, -0.2) is 15.3 Å². The third-order valence-corrected chi connectivity index (χ3v) is 11.8. The standard InChI is InChI=1S/C15H12AsN3P/c1-4-10-17-13(7-1)20-14-8-2-5-11-18(14)16(17)19-12-6-3-9-15(19)20/h1-12H/q+3. The normalized spacial score (nSPS) is 21.0. The Balaban J connectivity index is 1.93. The van der Waals surface area contributed by atoms with Crippen molar-refractivity contribution in [3.63, 3.8) is 0 Å². The summed E-state index contributed by atoms with van der Waals surface area (Å²) >= 11 is -1.55. The topological polar surface area (TPSA) is 11.6 Å². The van der Waals surface area contributed by atoms with E-state index in [9.17, 15) is 0 Å². The fourth-order valence-corrected chi connectivity index (χ4v) is 12.2. The van der Waals surface area contributed by atoms with Crippen LogP contribution in [0.4, 0.5) is 0 Å². The number of pyridine rings is 3. The van der Waals surface area contributed by atoms with Crippen molar-refractivity contribution < 1.29 is 10.5 Å². The zero-order valence-electron chi connectivity index (χ0n) is 10.7. The quantitative estimate of drug-likeness (QED) is 0.250. The molecule has 0 atom stereocenters. The molecule has 0 radical (unpaired) electrons. The third-order valence-electron chi connectivity index (χ3n) is 3.72. The van der Waals surface area contributed by atoms with E-state index in [-0.39, 0.29) is 0 Å². The van der Waals surface area contributed by atoms with Crippen molar-refractivity contribution >= 4 is 39.6 Å². The van der Waals surface area contributed by atoms with Crippen molar-refractivity contribution in [1.29, 1.82) is 0 Å². The van der Waals surface area contributed by atoms with Crippen molar-refractivity contribution in [3.8, 4) is 0 Å². The van der Waals surface area contributed by atoms with E-state index >= 15 is 0 Å². The van der Waals surface area contributed by atoms with Crippen LogP contribution in [0.15, 0.2) is 73.2 Å². The van der Waals surface area contributed by atoms with E-state index in [0.717, 1.165) is 0 Å². The molecule has 0 saturated carbocycles. The molecular formula is C15H12AsN3P+3. The van der Waals surface area contributed by atoms with E-state index in [1.807, 2.05) is 0 Å². The Hall–Kier alpha value is -1.56. The van der Waals surface area contributed by atoms with Crippen molar-refractivity contribution in [2.75, 3.05) is 0 Å². The van der Waals surface area contributed by atoms with Gasteiger partial charge >= 0.3 is 123 Å². The second kappa shape index (κ2) is 3.97. The van der Waals surface area contributed by atoms with Crippen LogP contribution >= 0.6 is 7.92 Å². The Morgan fingerprint density at radius 3 is 1.40 bits per heavy atom. The van der Waals surface area contributed by atoms with Gasteiger partial charge < -0.3 is 0 Å². The molecule has 6 rings (SSSR count). The molecule has 0 unspecified atom stereocenters. The average Bonchev–Trinajstić information content (AvgIpc) is 2.54. The number of aromatic nitrogens is 3. The molecule has 0 spiro atoms. The summed E-state index contributed by atoms with van der Waals surface area (Å²) in [5, 5.41) is 0. The molecular weight excluding hydrogens is 328 g/mol. The van der Waals surface area contributed by atoms with E-state index in [2.05, 4.69) is 83.6 Å². The summed E-state index contributed by atoms with van der Waals surface area (Å²) < 4.78 is 7.62. The molecule has 3 aliphatic rings. The Morgan fingerprint density at radius 2 is 1.00 bits per heavy atom. The molecule has 0 aromatic carbocycles. The van der Waals surface area contributed by atoms with Gasteiger partial charge in [0.15, 0.2) is 0 Å². The van der Waals surface area contributed by atoms with Gasteiger partial charge in [-0.15, -0.1) is 0 Å². The van der Waals surface area contributed by atoms with Gasteiger partial charge in [0.2, 0.25) is 0 Å². The number of hydrogen-bond acceptors (Lipinski definition) is 0. The van der Waals surface area contributed by atoms with E-state index in [4.69, 9.17) is 0 Å². The summed E-state index contributed by atoms with van der Waals surface area (Å²) in [6, 6.07) is 19.9. The molecule has 94 valence electrons. The molecule has 3 nitrogen and oxygen atoms in total. The van der Waals surface area contributed by atoms with Crippen molar-refractivity contribution in [1.82, 2.24) is 0 Å². The molecule has 0 aliphatic carbocycles. The van der Waals surface area contributed by atoms with Crippen LogP contribution in [0.5, 0.6) is 0 Å². The van der Waals surface area contributed by atoms with Crippen molar-refractivity contribution in [2.45, 2.75) is 0 Å². The van der Waals surface area contributed by atoms with Gasteiger partial charge in [-0.2, -0.15) is 0 Å². The van der Waals surface area contributed by atoms with Gasteiger partial charge in [0.05, 0.1) is 0 Å². The third kappa shape index (κ3) is 1.27. The molecule has 20 heavy (non-hydrogen) atoms. The summed E-state index contributed by atoms with van der Waals surface area (Å²) in [6.45, 7) is 0.